The van der Waals surface area contributed by atoms with Gasteiger partial charge in [-0.1, -0.05) is 0 Å². The minimum atomic E-state index is -0.251. The molecule has 2 aliphatic heterocycles. The van der Waals surface area contributed by atoms with Crippen LogP contribution in [0.15, 0.2) is 6.07 Å². The van der Waals surface area contributed by atoms with Crippen LogP contribution in [-0.2, 0) is 11.3 Å². The molecule has 2 amide bonds. The molecule has 2 aliphatic rings. The number of ether oxygens (including phenoxy) is 1. The number of nitrogens with zero attached hydrogens (tertiary/aromatic N) is 3. The molecule has 7 heteroatoms. The van der Waals surface area contributed by atoms with Crippen molar-refractivity contribution in [3.63, 3.8) is 0 Å². The average Bonchev–Trinajstić information content (AvgIpc) is 2.93. The molecule has 19 heavy (non-hydrogen) atoms. The van der Waals surface area contributed by atoms with Gasteiger partial charge in [0.2, 0.25) is 11.8 Å². The lowest BCUT2D eigenvalue weighted by atomic mass is 10.2. The van der Waals surface area contributed by atoms with Crippen LogP contribution < -0.4 is 10.1 Å². The number of nitrogens with one attached hydrogen (secondary N) is 1. The first kappa shape index (κ1) is 12.0. The van der Waals surface area contributed by atoms with E-state index < -0.39 is 0 Å². The molecule has 7 nitrogen and oxygen atoms in total. The second-order valence-corrected chi connectivity index (χ2v) is 4.94. The molecule has 102 valence electrons. The number of carbonyl (C=O) groups is 2. The van der Waals surface area contributed by atoms with Gasteiger partial charge >= 0.3 is 0 Å². The van der Waals surface area contributed by atoms with Crippen LogP contribution >= 0.6 is 0 Å². The number of hydrogen-bond donors (Lipinski definition) is 1. The monoisotopic (exact) mass is 264 g/mol. The smallest absolute Gasteiger partial charge is 0.272 e. The summed E-state index contributed by atoms with van der Waals surface area (Å²) in [5.74, 6) is 0.437. The molecule has 1 aromatic rings. The Kier molecular flexibility index (Phi) is 2.88. The molecule has 1 aromatic heterocycles. The summed E-state index contributed by atoms with van der Waals surface area (Å²) in [5.41, 5.74) is 0.346. The van der Waals surface area contributed by atoms with Gasteiger partial charge in [0.15, 0.2) is 5.69 Å². The highest BCUT2D eigenvalue weighted by molar-refractivity contribution is 5.93. The van der Waals surface area contributed by atoms with Crippen molar-refractivity contribution in [1.29, 1.82) is 0 Å². The number of carbonyl (C=O) groups excluding carboxylic acids is 2. The fourth-order valence-corrected chi connectivity index (χ4v) is 2.40. The van der Waals surface area contributed by atoms with Crippen LogP contribution in [0.4, 0.5) is 0 Å². The second-order valence-electron chi connectivity index (χ2n) is 4.94. The topological polar surface area (TPSA) is 76.5 Å². The van der Waals surface area contributed by atoms with Crippen LogP contribution in [0.25, 0.3) is 0 Å². The zero-order valence-electron chi connectivity index (χ0n) is 10.8. The minimum Gasteiger partial charge on any atom is -0.478 e. The van der Waals surface area contributed by atoms with Gasteiger partial charge in [-0.2, -0.15) is 5.10 Å². The molecule has 1 atom stereocenters. The molecule has 1 fully saturated rings. The predicted molar refractivity (Wildman–Crippen MR) is 65.8 cm³/mol. The lowest BCUT2D eigenvalue weighted by Gasteiger charge is -2.13. The number of amides is 2. The molecule has 0 aromatic carbocycles. The molecule has 0 saturated carbocycles. The third kappa shape index (κ3) is 2.27. The molecular formula is C12H16N4O3. The van der Waals surface area contributed by atoms with Crippen LogP contribution in [0.5, 0.6) is 5.88 Å². The number of fused-ring (bicyclic) bond motifs is 1. The van der Waals surface area contributed by atoms with E-state index in [1.165, 1.54) is 0 Å². The Morgan fingerprint density at radius 2 is 2.42 bits per heavy atom. The summed E-state index contributed by atoms with van der Waals surface area (Å²) in [4.78, 5) is 25.1. The van der Waals surface area contributed by atoms with Gasteiger partial charge in [-0.3, -0.25) is 9.59 Å². The van der Waals surface area contributed by atoms with Gasteiger partial charge in [-0.15, -0.1) is 0 Å². The molecule has 3 heterocycles. The van der Waals surface area contributed by atoms with Gasteiger partial charge in [-0.05, 0) is 0 Å². The number of hydrogen-bond acceptors (Lipinski definition) is 4. The third-order valence-corrected chi connectivity index (χ3v) is 3.42. The van der Waals surface area contributed by atoms with Crippen molar-refractivity contribution in [2.75, 3.05) is 20.2 Å². The largest absolute Gasteiger partial charge is 0.478 e. The maximum absolute atomic E-state index is 12.1. The highest BCUT2D eigenvalue weighted by atomic mass is 16.5. The molecule has 1 saturated heterocycles. The summed E-state index contributed by atoms with van der Waals surface area (Å²) >= 11 is 0. The molecule has 1 unspecified atom stereocenters. The molecule has 0 bridgehead atoms. The Balaban J connectivity index is 1.67. The molecule has 0 radical (unpaired) electrons. The average molecular weight is 264 g/mol. The normalized spacial score (nSPS) is 22.1. The first-order chi connectivity index (χ1) is 9.13. The Hall–Kier alpha value is -2.05. The van der Waals surface area contributed by atoms with Gasteiger partial charge in [0, 0.05) is 39.0 Å². The van der Waals surface area contributed by atoms with E-state index in [-0.39, 0.29) is 17.9 Å². The van der Waals surface area contributed by atoms with Crippen LogP contribution in [-0.4, -0.2) is 52.7 Å². The number of aryl methyl sites for hydroxylation is 1. The second kappa shape index (κ2) is 4.56. The fraction of sp³-hybridized carbons (Fsp3) is 0.583. The van der Waals surface area contributed by atoms with E-state index in [1.807, 2.05) is 0 Å². The molecular weight excluding hydrogens is 248 g/mol. The van der Waals surface area contributed by atoms with Gasteiger partial charge in [0.05, 0.1) is 12.6 Å². The van der Waals surface area contributed by atoms with Gasteiger partial charge in [0.25, 0.3) is 5.91 Å². The molecule has 0 aliphatic carbocycles. The highest BCUT2D eigenvalue weighted by Gasteiger charge is 2.29. The van der Waals surface area contributed by atoms with Crippen molar-refractivity contribution in [1.82, 2.24) is 20.0 Å². The van der Waals surface area contributed by atoms with E-state index in [9.17, 15) is 9.59 Å². The number of likely N-dealkylation sites (tertiary alicyclic amines) is 1. The SMILES string of the molecule is CN1CC(NC(=O)c2cc3n(n2)CCCO3)CC1=O. The van der Waals surface area contributed by atoms with E-state index in [1.54, 1.807) is 22.7 Å². The van der Waals surface area contributed by atoms with Gasteiger partial charge in [0.1, 0.15) is 0 Å². The molecule has 3 rings (SSSR count). The quantitative estimate of drug-likeness (QED) is 0.790. The number of likely N-dealkylation sites (N-methyl/N-ethyl adjacent to an activating group) is 1. The lowest BCUT2D eigenvalue weighted by Crippen LogP contribution is -2.36. The fourth-order valence-electron chi connectivity index (χ4n) is 2.40. The lowest BCUT2D eigenvalue weighted by molar-refractivity contribution is -0.126. The summed E-state index contributed by atoms with van der Waals surface area (Å²) in [7, 11) is 1.73. The minimum absolute atomic E-state index is 0.0535. The van der Waals surface area contributed by atoms with E-state index in [4.69, 9.17) is 4.74 Å². The van der Waals surface area contributed by atoms with Gasteiger partial charge in [-0.25, -0.2) is 4.68 Å². The summed E-state index contributed by atoms with van der Waals surface area (Å²) in [6.07, 6.45) is 1.25. The Labute approximate surface area is 110 Å². The van der Waals surface area contributed by atoms with Crippen LogP contribution in [0.2, 0.25) is 0 Å². The van der Waals surface area contributed by atoms with Crippen molar-refractivity contribution < 1.29 is 14.3 Å². The summed E-state index contributed by atoms with van der Waals surface area (Å²) in [6, 6.07) is 1.51. The van der Waals surface area contributed by atoms with E-state index >= 15 is 0 Å². The van der Waals surface area contributed by atoms with Crippen LogP contribution in [0.3, 0.4) is 0 Å². The summed E-state index contributed by atoms with van der Waals surface area (Å²) < 4.78 is 7.12. The number of aromatic nitrogens is 2. The summed E-state index contributed by atoms with van der Waals surface area (Å²) in [5, 5.41) is 7.04. The Bertz CT molecular complexity index is 502. The Morgan fingerprint density at radius 3 is 3.11 bits per heavy atom. The van der Waals surface area contributed by atoms with Crippen molar-refractivity contribution in [2.24, 2.45) is 0 Å². The predicted octanol–water partition coefficient (Wildman–Crippen LogP) is -0.374. The van der Waals surface area contributed by atoms with E-state index in [0.717, 1.165) is 13.0 Å². The van der Waals surface area contributed by atoms with E-state index in [0.29, 0.717) is 31.1 Å². The molecule has 0 spiro atoms. The highest BCUT2D eigenvalue weighted by Crippen LogP contribution is 2.18. The van der Waals surface area contributed by atoms with E-state index in [2.05, 4.69) is 10.4 Å². The van der Waals surface area contributed by atoms with Gasteiger partial charge < -0.3 is 15.0 Å². The van der Waals surface area contributed by atoms with Crippen molar-refractivity contribution in [2.45, 2.75) is 25.4 Å². The maximum atomic E-state index is 12.1. The first-order valence-electron chi connectivity index (χ1n) is 6.39. The van der Waals surface area contributed by atoms with Crippen molar-refractivity contribution in [3.05, 3.63) is 11.8 Å². The zero-order valence-corrected chi connectivity index (χ0v) is 10.8. The molecule has 1 N–H and O–H groups in total. The Morgan fingerprint density at radius 1 is 1.58 bits per heavy atom. The third-order valence-electron chi connectivity index (χ3n) is 3.42. The van der Waals surface area contributed by atoms with Crippen LogP contribution in [0.1, 0.15) is 23.3 Å². The number of rotatable bonds is 2. The summed E-state index contributed by atoms with van der Waals surface area (Å²) in [6.45, 7) is 1.98. The van der Waals surface area contributed by atoms with Crippen molar-refractivity contribution in [3.8, 4) is 5.88 Å². The van der Waals surface area contributed by atoms with Crippen LogP contribution in [0, 0.1) is 0 Å². The standard InChI is InChI=1S/C12H16N4O3/c1-15-7-8(5-10(15)17)13-12(18)9-6-11-16(14-9)3-2-4-19-11/h6,8H,2-5,7H2,1H3,(H,13,18). The zero-order chi connectivity index (χ0) is 13.4. The first-order valence-corrected chi connectivity index (χ1v) is 6.39. The van der Waals surface area contributed by atoms with Crippen molar-refractivity contribution >= 4 is 11.8 Å². The maximum Gasteiger partial charge on any atom is 0.272 e.